The Balaban J connectivity index is 1.35. The molecule has 40 heavy (non-hydrogen) atoms. The molecule has 204 valence electrons. The topological polar surface area (TPSA) is 143 Å². The molecule has 0 aliphatic carbocycles. The number of carbonyl (C=O) groups excluding carboxylic acids is 1. The number of halogens is 1. The number of fused-ring (bicyclic) bond motifs is 1. The molecule has 3 heterocycles. The van der Waals surface area contributed by atoms with Crippen LogP contribution in [-0.4, -0.2) is 29.6 Å². The lowest BCUT2D eigenvalue weighted by Gasteiger charge is -2.17. The molecule has 2 aromatic carbocycles. The number of nitrogens with zero attached hydrogens (tertiary/aromatic N) is 3. The highest BCUT2D eigenvalue weighted by atomic mass is 32.2. The fourth-order valence-corrected chi connectivity index (χ4v) is 5.57. The first kappa shape index (κ1) is 27.3. The lowest BCUT2D eigenvalue weighted by molar-refractivity contribution is 0.0940. The molecular weight excluding hydrogens is 551 g/mol. The van der Waals surface area contributed by atoms with E-state index in [0.29, 0.717) is 23.7 Å². The van der Waals surface area contributed by atoms with Crippen LogP contribution in [0.2, 0.25) is 0 Å². The summed E-state index contributed by atoms with van der Waals surface area (Å²) in [7, 11) is 0. The maximum atomic E-state index is 13.3. The molecule has 0 bridgehead atoms. The normalized spacial score (nSPS) is 12.7. The zero-order valence-corrected chi connectivity index (χ0v) is 22.9. The van der Waals surface area contributed by atoms with Crippen molar-refractivity contribution in [2.45, 2.75) is 25.3 Å². The number of nitrogen functional groups attached to an aromatic ring is 1. The molecule has 0 aliphatic heterocycles. The van der Waals surface area contributed by atoms with Crippen molar-refractivity contribution in [2.24, 2.45) is 0 Å². The van der Waals surface area contributed by atoms with Gasteiger partial charge in [0.25, 0.3) is 5.91 Å². The van der Waals surface area contributed by atoms with E-state index >= 15 is 0 Å². The first-order valence-electron chi connectivity index (χ1n) is 12.2. The standard InChI is InChI=1S/C28H25FN6O3S2/c1-16(18-2-5-20(29)6-3-18)35-28(36)23-10-17(14-40(37)38)12-31-27(23)32-13-21-7-9-25(39-21)19-4-8-24-22(11-19)26(30)34-15-33-24/h2-12,15-16H,13-14H2,1H3,(H,31,32)(H,35,36)(H,37,38)(H2,30,33,34)/t16-/m0/s1. The Kier molecular flexibility index (Phi) is 8.10. The second-order valence-corrected chi connectivity index (χ2v) is 11.2. The lowest BCUT2D eigenvalue weighted by Crippen LogP contribution is -2.28. The number of pyridine rings is 1. The SMILES string of the molecule is C[C@H](NC(=O)c1cc(CS(=O)O)cnc1NCc1ccc(-c2ccc3ncnc(N)c3c2)s1)c1ccc(F)cc1. The van der Waals surface area contributed by atoms with Crippen LogP contribution in [0.3, 0.4) is 0 Å². The minimum absolute atomic E-state index is 0.156. The number of nitrogens with two attached hydrogens (primary N) is 1. The average molecular weight is 577 g/mol. The molecule has 3 aromatic heterocycles. The van der Waals surface area contributed by atoms with Gasteiger partial charge in [0, 0.05) is 21.3 Å². The van der Waals surface area contributed by atoms with E-state index in [-0.39, 0.29) is 17.1 Å². The number of benzene rings is 2. The van der Waals surface area contributed by atoms with E-state index in [9.17, 15) is 17.9 Å². The predicted octanol–water partition coefficient (Wildman–Crippen LogP) is 5.30. The van der Waals surface area contributed by atoms with E-state index in [4.69, 9.17) is 5.73 Å². The smallest absolute Gasteiger partial charge is 0.255 e. The molecule has 1 amide bonds. The fourth-order valence-electron chi connectivity index (χ4n) is 4.18. The highest BCUT2D eigenvalue weighted by molar-refractivity contribution is 7.78. The largest absolute Gasteiger partial charge is 0.383 e. The van der Waals surface area contributed by atoms with Crippen molar-refractivity contribution in [3.05, 3.63) is 101 Å². The highest BCUT2D eigenvalue weighted by Crippen LogP contribution is 2.32. The van der Waals surface area contributed by atoms with Gasteiger partial charge in [0.15, 0.2) is 11.1 Å². The summed E-state index contributed by atoms with van der Waals surface area (Å²) in [4.78, 5) is 28.0. The molecule has 9 nitrogen and oxygen atoms in total. The predicted molar refractivity (Wildman–Crippen MR) is 156 cm³/mol. The average Bonchev–Trinajstić information content (AvgIpc) is 3.41. The molecule has 2 atom stereocenters. The number of aromatic nitrogens is 3. The molecule has 0 saturated carbocycles. The summed E-state index contributed by atoms with van der Waals surface area (Å²) in [5.74, 6) is -0.180. The number of hydrogen-bond acceptors (Lipinski definition) is 8. The van der Waals surface area contributed by atoms with Gasteiger partial charge in [-0.25, -0.2) is 23.6 Å². The molecule has 5 rings (SSSR count). The van der Waals surface area contributed by atoms with E-state index in [1.807, 2.05) is 30.3 Å². The van der Waals surface area contributed by atoms with E-state index in [1.54, 1.807) is 36.5 Å². The Labute approximate surface area is 236 Å². The van der Waals surface area contributed by atoms with Gasteiger partial charge in [-0.15, -0.1) is 11.3 Å². The van der Waals surface area contributed by atoms with Gasteiger partial charge in [0.1, 0.15) is 23.8 Å². The number of amides is 1. The van der Waals surface area contributed by atoms with Crippen LogP contribution < -0.4 is 16.4 Å². The van der Waals surface area contributed by atoms with Crippen LogP contribution in [0.15, 0.2) is 73.2 Å². The van der Waals surface area contributed by atoms with Crippen molar-refractivity contribution in [3.8, 4) is 10.4 Å². The molecule has 0 aliphatic rings. The van der Waals surface area contributed by atoms with Gasteiger partial charge in [-0.2, -0.15) is 0 Å². The van der Waals surface area contributed by atoms with Gasteiger partial charge >= 0.3 is 0 Å². The monoisotopic (exact) mass is 576 g/mol. The molecule has 5 N–H and O–H groups in total. The molecule has 0 radical (unpaired) electrons. The Bertz CT molecular complexity index is 1710. The van der Waals surface area contributed by atoms with Crippen molar-refractivity contribution in [2.75, 3.05) is 11.1 Å². The van der Waals surface area contributed by atoms with E-state index < -0.39 is 23.0 Å². The number of hydrogen-bond donors (Lipinski definition) is 4. The van der Waals surface area contributed by atoms with Crippen molar-refractivity contribution in [1.29, 1.82) is 0 Å². The molecule has 0 saturated heterocycles. The Morgan fingerprint density at radius 1 is 1.10 bits per heavy atom. The highest BCUT2D eigenvalue weighted by Gasteiger charge is 2.18. The molecule has 1 unspecified atom stereocenters. The van der Waals surface area contributed by atoms with Crippen LogP contribution in [0.1, 0.15) is 39.3 Å². The zero-order valence-electron chi connectivity index (χ0n) is 21.3. The summed E-state index contributed by atoms with van der Waals surface area (Å²) in [6.07, 6.45) is 2.91. The Morgan fingerprint density at radius 2 is 1.90 bits per heavy atom. The van der Waals surface area contributed by atoms with Gasteiger partial charge in [-0.1, -0.05) is 18.2 Å². The van der Waals surface area contributed by atoms with E-state index in [0.717, 1.165) is 31.8 Å². The van der Waals surface area contributed by atoms with Gasteiger partial charge < -0.3 is 20.9 Å². The molecule has 5 aromatic rings. The van der Waals surface area contributed by atoms with Crippen LogP contribution in [0.25, 0.3) is 21.3 Å². The third-order valence-corrected chi connectivity index (χ3v) is 7.95. The third kappa shape index (κ3) is 6.30. The van der Waals surface area contributed by atoms with Crippen LogP contribution >= 0.6 is 11.3 Å². The van der Waals surface area contributed by atoms with Gasteiger partial charge in [0.05, 0.1) is 29.4 Å². The van der Waals surface area contributed by atoms with E-state index in [1.165, 1.54) is 24.7 Å². The molecular formula is C28H25FN6O3S2. The number of anilines is 2. The van der Waals surface area contributed by atoms with Crippen LogP contribution in [0.4, 0.5) is 16.0 Å². The summed E-state index contributed by atoms with van der Waals surface area (Å²) >= 11 is -0.510. The van der Waals surface area contributed by atoms with Gasteiger partial charge in [0.2, 0.25) is 0 Å². The summed E-state index contributed by atoms with van der Waals surface area (Å²) in [6, 6.07) is 16.9. The van der Waals surface area contributed by atoms with E-state index in [2.05, 4.69) is 25.6 Å². The summed E-state index contributed by atoms with van der Waals surface area (Å²) in [5.41, 5.74) is 9.20. The minimum Gasteiger partial charge on any atom is -0.383 e. The van der Waals surface area contributed by atoms with Gasteiger partial charge in [-0.3, -0.25) is 4.79 Å². The minimum atomic E-state index is -2.09. The molecule has 0 fully saturated rings. The lowest BCUT2D eigenvalue weighted by atomic mass is 10.1. The Morgan fingerprint density at radius 3 is 2.67 bits per heavy atom. The number of nitrogens with one attached hydrogen (secondary N) is 2. The summed E-state index contributed by atoms with van der Waals surface area (Å²) in [6.45, 7) is 2.19. The van der Waals surface area contributed by atoms with Crippen molar-refractivity contribution >= 4 is 50.9 Å². The zero-order chi connectivity index (χ0) is 28.2. The molecule has 0 spiro atoms. The maximum Gasteiger partial charge on any atom is 0.255 e. The van der Waals surface area contributed by atoms with Crippen molar-refractivity contribution in [3.63, 3.8) is 0 Å². The van der Waals surface area contributed by atoms with Crippen molar-refractivity contribution < 1.29 is 17.9 Å². The Hall–Kier alpha value is -4.26. The van der Waals surface area contributed by atoms with Crippen LogP contribution in [0, 0.1) is 5.82 Å². The van der Waals surface area contributed by atoms with Crippen molar-refractivity contribution in [1.82, 2.24) is 20.3 Å². The maximum absolute atomic E-state index is 13.3. The molecule has 12 heteroatoms. The first-order valence-corrected chi connectivity index (χ1v) is 14.3. The number of carbonyl (C=O) groups is 1. The fraction of sp³-hybridized carbons (Fsp3) is 0.143. The van der Waals surface area contributed by atoms with Gasteiger partial charge in [-0.05, 0) is 66.1 Å². The van der Waals surface area contributed by atoms with Crippen LogP contribution in [0.5, 0.6) is 0 Å². The second-order valence-electron chi connectivity index (χ2n) is 9.06. The first-order chi connectivity index (χ1) is 19.3. The number of rotatable bonds is 9. The summed E-state index contributed by atoms with van der Waals surface area (Å²) in [5, 5.41) is 6.91. The quantitative estimate of drug-likeness (QED) is 0.173. The summed E-state index contributed by atoms with van der Waals surface area (Å²) < 4.78 is 34.0. The second kappa shape index (κ2) is 11.9. The number of thiophene rings is 1. The third-order valence-electron chi connectivity index (χ3n) is 6.24. The van der Waals surface area contributed by atoms with Crippen LogP contribution in [-0.2, 0) is 23.4 Å².